The molecule has 116 valence electrons. The van der Waals surface area contributed by atoms with Crippen LogP contribution in [0.2, 0.25) is 0 Å². The standard InChI is InChI=1S/C13H17NO6S/c1-3-6-10(12(15)16)14-21(18,19)11-8-5-4-7-9(11)13(17)20-2/h4-5,7-8,10,14H,3,6H2,1-2H3,(H,15,16)/t10-/m0/s1. The second-order valence-corrected chi connectivity index (χ2v) is 5.97. The van der Waals surface area contributed by atoms with Crippen LogP contribution in [0.15, 0.2) is 29.2 Å². The Bertz CT molecular complexity index is 625. The molecule has 1 aromatic rings. The van der Waals surface area contributed by atoms with E-state index in [0.29, 0.717) is 6.42 Å². The number of methoxy groups -OCH3 is 1. The van der Waals surface area contributed by atoms with Gasteiger partial charge in [-0.05, 0) is 18.6 Å². The molecule has 0 bridgehead atoms. The van der Waals surface area contributed by atoms with Gasteiger partial charge >= 0.3 is 11.9 Å². The third-order valence-corrected chi connectivity index (χ3v) is 4.28. The van der Waals surface area contributed by atoms with Crippen molar-refractivity contribution >= 4 is 22.0 Å². The molecule has 0 saturated carbocycles. The lowest BCUT2D eigenvalue weighted by Crippen LogP contribution is -2.41. The van der Waals surface area contributed by atoms with Gasteiger partial charge in [0.1, 0.15) is 6.04 Å². The Morgan fingerprint density at radius 1 is 1.33 bits per heavy atom. The molecule has 0 aliphatic heterocycles. The van der Waals surface area contributed by atoms with Crippen LogP contribution in [0.4, 0.5) is 0 Å². The minimum atomic E-state index is -4.14. The quantitative estimate of drug-likeness (QED) is 0.727. The molecule has 0 saturated heterocycles. The van der Waals surface area contributed by atoms with Crippen molar-refractivity contribution in [2.75, 3.05) is 7.11 Å². The van der Waals surface area contributed by atoms with Crippen molar-refractivity contribution in [3.05, 3.63) is 29.8 Å². The predicted octanol–water partition coefficient (Wildman–Crippen LogP) is 1.00. The van der Waals surface area contributed by atoms with Crippen LogP contribution in [-0.2, 0) is 19.6 Å². The van der Waals surface area contributed by atoms with Gasteiger partial charge in [-0.2, -0.15) is 4.72 Å². The number of rotatable bonds is 7. The van der Waals surface area contributed by atoms with Gasteiger partial charge in [0.15, 0.2) is 0 Å². The van der Waals surface area contributed by atoms with Crippen molar-refractivity contribution in [3.8, 4) is 0 Å². The largest absolute Gasteiger partial charge is 0.480 e. The average molecular weight is 315 g/mol. The summed E-state index contributed by atoms with van der Waals surface area (Å²) in [4.78, 5) is 22.3. The van der Waals surface area contributed by atoms with Crippen molar-refractivity contribution in [3.63, 3.8) is 0 Å². The van der Waals surface area contributed by atoms with Gasteiger partial charge in [0, 0.05) is 0 Å². The zero-order chi connectivity index (χ0) is 16.0. The first-order valence-corrected chi connectivity index (χ1v) is 7.74. The number of sulfonamides is 1. The summed E-state index contributed by atoms with van der Waals surface area (Å²) in [7, 11) is -3.01. The Morgan fingerprint density at radius 2 is 1.95 bits per heavy atom. The molecule has 2 N–H and O–H groups in total. The number of carbonyl (C=O) groups excluding carboxylic acids is 1. The van der Waals surface area contributed by atoms with Crippen molar-refractivity contribution in [1.29, 1.82) is 0 Å². The maximum atomic E-state index is 12.3. The molecule has 0 unspecified atom stereocenters. The minimum absolute atomic E-state index is 0.145. The zero-order valence-corrected chi connectivity index (χ0v) is 12.5. The second kappa shape index (κ2) is 7.19. The fraction of sp³-hybridized carbons (Fsp3) is 0.385. The van der Waals surface area contributed by atoms with Crippen LogP contribution in [0.1, 0.15) is 30.1 Å². The summed E-state index contributed by atoms with van der Waals surface area (Å²) in [6, 6.07) is 4.21. The van der Waals surface area contributed by atoms with Gasteiger partial charge in [-0.3, -0.25) is 4.79 Å². The fourth-order valence-electron chi connectivity index (χ4n) is 1.75. The molecule has 0 aliphatic carbocycles. The van der Waals surface area contributed by atoms with Gasteiger partial charge in [0.25, 0.3) is 0 Å². The van der Waals surface area contributed by atoms with E-state index < -0.39 is 28.0 Å². The first kappa shape index (κ1) is 17.1. The topological polar surface area (TPSA) is 110 Å². The van der Waals surface area contributed by atoms with E-state index in [9.17, 15) is 18.0 Å². The molecule has 0 fully saturated rings. The Kier molecular flexibility index (Phi) is 5.86. The van der Waals surface area contributed by atoms with Gasteiger partial charge in [-0.1, -0.05) is 25.5 Å². The molecule has 7 nitrogen and oxygen atoms in total. The van der Waals surface area contributed by atoms with Gasteiger partial charge in [-0.25, -0.2) is 13.2 Å². The lowest BCUT2D eigenvalue weighted by molar-refractivity contribution is -0.139. The van der Waals surface area contributed by atoms with Gasteiger partial charge < -0.3 is 9.84 Å². The number of carboxylic acids is 1. The molecule has 0 aromatic heterocycles. The monoisotopic (exact) mass is 315 g/mol. The number of benzene rings is 1. The summed E-state index contributed by atoms with van der Waals surface area (Å²) >= 11 is 0. The summed E-state index contributed by atoms with van der Waals surface area (Å²) < 4.78 is 31.2. The summed E-state index contributed by atoms with van der Waals surface area (Å²) in [6.07, 6.45) is 0.646. The van der Waals surface area contributed by atoms with Crippen LogP contribution in [0.3, 0.4) is 0 Å². The number of hydrogen-bond acceptors (Lipinski definition) is 5. The zero-order valence-electron chi connectivity index (χ0n) is 11.7. The number of nitrogens with one attached hydrogen (secondary N) is 1. The normalized spacial score (nSPS) is 12.7. The maximum Gasteiger partial charge on any atom is 0.339 e. The molecular formula is C13H17NO6S. The van der Waals surface area contributed by atoms with Gasteiger partial charge in [0.2, 0.25) is 10.0 Å². The van der Waals surface area contributed by atoms with Crippen LogP contribution >= 0.6 is 0 Å². The summed E-state index contributed by atoms with van der Waals surface area (Å²) in [5, 5.41) is 9.02. The van der Waals surface area contributed by atoms with Crippen LogP contribution in [-0.4, -0.2) is 38.6 Å². The Morgan fingerprint density at radius 3 is 2.48 bits per heavy atom. The number of esters is 1. The van der Waals surface area contributed by atoms with E-state index >= 15 is 0 Å². The Balaban J connectivity index is 3.19. The van der Waals surface area contributed by atoms with E-state index in [1.807, 2.05) is 0 Å². The highest BCUT2D eigenvalue weighted by atomic mass is 32.2. The molecule has 0 aliphatic rings. The molecule has 1 aromatic carbocycles. The van der Waals surface area contributed by atoms with Crippen LogP contribution < -0.4 is 4.72 Å². The molecule has 1 rings (SSSR count). The average Bonchev–Trinajstić information content (AvgIpc) is 2.45. The molecule has 0 radical (unpaired) electrons. The fourth-order valence-corrected chi connectivity index (χ4v) is 3.17. The minimum Gasteiger partial charge on any atom is -0.480 e. The third kappa shape index (κ3) is 4.27. The summed E-state index contributed by atoms with van der Waals surface area (Å²) in [5.74, 6) is -2.07. The van der Waals surface area contributed by atoms with E-state index in [-0.39, 0.29) is 16.9 Å². The third-order valence-electron chi connectivity index (χ3n) is 2.75. The van der Waals surface area contributed by atoms with E-state index in [1.165, 1.54) is 24.3 Å². The van der Waals surface area contributed by atoms with E-state index in [4.69, 9.17) is 5.11 Å². The summed E-state index contributed by atoms with van der Waals surface area (Å²) in [6.45, 7) is 1.74. The predicted molar refractivity (Wildman–Crippen MR) is 74.4 cm³/mol. The SMILES string of the molecule is CCC[C@H](NS(=O)(=O)c1ccccc1C(=O)OC)C(=O)O. The lowest BCUT2D eigenvalue weighted by Gasteiger charge is -2.15. The molecule has 8 heteroatoms. The molecule has 1 atom stereocenters. The molecule has 0 heterocycles. The highest BCUT2D eigenvalue weighted by Crippen LogP contribution is 2.17. The maximum absolute atomic E-state index is 12.3. The van der Waals surface area contributed by atoms with E-state index in [2.05, 4.69) is 9.46 Å². The van der Waals surface area contributed by atoms with Gasteiger partial charge in [0.05, 0.1) is 17.6 Å². The van der Waals surface area contributed by atoms with E-state index in [0.717, 1.165) is 7.11 Å². The number of carbonyl (C=O) groups is 2. The number of hydrogen-bond donors (Lipinski definition) is 2. The van der Waals surface area contributed by atoms with Crippen molar-refractivity contribution < 1.29 is 27.9 Å². The van der Waals surface area contributed by atoms with Crippen molar-refractivity contribution in [2.24, 2.45) is 0 Å². The molecule has 0 spiro atoms. The number of aliphatic carboxylic acids is 1. The van der Waals surface area contributed by atoms with Crippen LogP contribution in [0, 0.1) is 0 Å². The number of ether oxygens (including phenoxy) is 1. The highest BCUT2D eigenvalue weighted by Gasteiger charge is 2.28. The molecule has 21 heavy (non-hydrogen) atoms. The lowest BCUT2D eigenvalue weighted by atomic mass is 10.2. The van der Waals surface area contributed by atoms with Crippen molar-refractivity contribution in [2.45, 2.75) is 30.7 Å². The van der Waals surface area contributed by atoms with E-state index in [1.54, 1.807) is 6.92 Å². The second-order valence-electron chi connectivity index (χ2n) is 4.29. The first-order chi connectivity index (χ1) is 9.83. The Labute approximate surface area is 123 Å². The molecule has 0 amide bonds. The van der Waals surface area contributed by atoms with Crippen LogP contribution in [0.25, 0.3) is 0 Å². The highest BCUT2D eigenvalue weighted by molar-refractivity contribution is 7.89. The Hall–Kier alpha value is -1.93. The smallest absolute Gasteiger partial charge is 0.339 e. The summed E-state index contributed by atoms with van der Waals surface area (Å²) in [5.41, 5.74) is -0.145. The molecular weight excluding hydrogens is 298 g/mol. The van der Waals surface area contributed by atoms with Crippen LogP contribution in [0.5, 0.6) is 0 Å². The first-order valence-electron chi connectivity index (χ1n) is 6.26. The van der Waals surface area contributed by atoms with Crippen molar-refractivity contribution in [1.82, 2.24) is 4.72 Å². The number of carboxylic acid groups (broad SMARTS) is 1. The van der Waals surface area contributed by atoms with Gasteiger partial charge in [-0.15, -0.1) is 0 Å².